The molecule has 0 bridgehead atoms. The van der Waals surface area contributed by atoms with Crippen molar-refractivity contribution in [2.45, 2.75) is 96.6 Å². The van der Waals surface area contributed by atoms with Crippen LogP contribution in [0.3, 0.4) is 0 Å². The number of aliphatic hydroxyl groups is 1. The van der Waals surface area contributed by atoms with Gasteiger partial charge in [0.1, 0.15) is 25.4 Å². The number of carbonyl (C=O) groups excluding carboxylic acids is 4. The molecule has 1 aliphatic heterocycles. The van der Waals surface area contributed by atoms with Gasteiger partial charge in [-0.25, -0.2) is 14.4 Å². The number of hydrogen-bond donors (Lipinski definition) is 1. The molecular weight excluding hydrogens is 552 g/mol. The quantitative estimate of drug-likeness (QED) is 0.299. The second-order valence-corrected chi connectivity index (χ2v) is 13.9. The van der Waals surface area contributed by atoms with Gasteiger partial charge < -0.3 is 24.1 Å². The monoisotopic (exact) mass is 594 g/mol. The smallest absolute Gasteiger partial charge is 0.417 e. The van der Waals surface area contributed by atoms with E-state index < -0.39 is 35.0 Å². The van der Waals surface area contributed by atoms with E-state index in [2.05, 4.69) is 13.8 Å². The third-order valence-electron chi connectivity index (χ3n) is 11.8. The number of esters is 4. The number of hydrogen-bond acceptors (Lipinski definition) is 9. The Labute approximate surface area is 252 Å². The molecule has 1 aromatic carbocycles. The SMILES string of the molecule is CC(=O)O[C@H]1C[C@]2(O)[C@@H]3CC[C@@H]4C[C@@H](OC(=O)C(=O)OCc5ccccc5)CC[C@]4(C)[C@H]3CC[C@]2(C)[C@H]1C1=CC(=O)OC1. The van der Waals surface area contributed by atoms with Crippen molar-refractivity contribution in [1.82, 2.24) is 0 Å². The van der Waals surface area contributed by atoms with Crippen molar-refractivity contribution in [2.24, 2.45) is 34.5 Å². The summed E-state index contributed by atoms with van der Waals surface area (Å²) in [7, 11) is 0. The highest BCUT2D eigenvalue weighted by Crippen LogP contribution is 2.70. The third kappa shape index (κ3) is 5.07. The van der Waals surface area contributed by atoms with E-state index in [1.807, 2.05) is 30.3 Å². The van der Waals surface area contributed by atoms with E-state index in [9.17, 15) is 24.3 Å². The first kappa shape index (κ1) is 29.9. The summed E-state index contributed by atoms with van der Waals surface area (Å²) in [5.41, 5.74) is -0.0829. The molecule has 4 saturated carbocycles. The van der Waals surface area contributed by atoms with E-state index in [1.165, 1.54) is 13.0 Å². The molecule has 4 fully saturated rings. The van der Waals surface area contributed by atoms with Crippen LogP contribution in [-0.4, -0.2) is 53.4 Å². The molecule has 232 valence electrons. The van der Waals surface area contributed by atoms with Crippen LogP contribution in [0.15, 0.2) is 42.0 Å². The van der Waals surface area contributed by atoms with Crippen LogP contribution in [0.2, 0.25) is 0 Å². The van der Waals surface area contributed by atoms with E-state index in [-0.39, 0.29) is 48.5 Å². The van der Waals surface area contributed by atoms with Crippen LogP contribution in [-0.2, 0) is 44.7 Å². The highest BCUT2D eigenvalue weighted by atomic mass is 16.6. The molecule has 0 radical (unpaired) electrons. The lowest BCUT2D eigenvalue weighted by atomic mass is 9.43. The maximum atomic E-state index is 12.7. The molecule has 1 aromatic rings. The van der Waals surface area contributed by atoms with Crippen molar-refractivity contribution in [2.75, 3.05) is 6.61 Å². The molecular formula is C34H42O9. The summed E-state index contributed by atoms with van der Waals surface area (Å²) < 4.78 is 21.9. The molecule has 6 rings (SSSR count). The van der Waals surface area contributed by atoms with Gasteiger partial charge in [-0.15, -0.1) is 0 Å². The first-order valence-corrected chi connectivity index (χ1v) is 15.6. The molecule has 9 heteroatoms. The molecule has 9 nitrogen and oxygen atoms in total. The molecule has 0 spiro atoms. The van der Waals surface area contributed by atoms with Gasteiger partial charge in [0.25, 0.3) is 0 Å². The zero-order valence-corrected chi connectivity index (χ0v) is 25.2. The van der Waals surface area contributed by atoms with Gasteiger partial charge in [0.2, 0.25) is 0 Å². The van der Waals surface area contributed by atoms with Crippen molar-refractivity contribution in [3.63, 3.8) is 0 Å². The van der Waals surface area contributed by atoms with Crippen molar-refractivity contribution in [1.29, 1.82) is 0 Å². The van der Waals surface area contributed by atoms with Crippen LogP contribution in [0.1, 0.15) is 77.7 Å². The average molecular weight is 595 g/mol. The van der Waals surface area contributed by atoms with Crippen LogP contribution < -0.4 is 0 Å². The second-order valence-electron chi connectivity index (χ2n) is 13.9. The number of cyclic esters (lactones) is 1. The minimum Gasteiger partial charge on any atom is -0.462 e. The minimum absolute atomic E-state index is 0.0150. The van der Waals surface area contributed by atoms with Crippen molar-refractivity contribution < 1.29 is 43.2 Å². The minimum atomic E-state index is -1.06. The fraction of sp³-hybridized carbons (Fsp3) is 0.647. The Hall–Kier alpha value is -3.20. The second kappa shape index (κ2) is 11.1. The fourth-order valence-corrected chi connectivity index (χ4v) is 9.83. The van der Waals surface area contributed by atoms with Crippen LogP contribution in [0.5, 0.6) is 0 Å². The van der Waals surface area contributed by atoms with Gasteiger partial charge in [-0.1, -0.05) is 44.2 Å². The molecule has 1 N–H and O–H groups in total. The fourth-order valence-electron chi connectivity index (χ4n) is 9.83. The zero-order valence-electron chi connectivity index (χ0n) is 25.2. The summed E-state index contributed by atoms with van der Waals surface area (Å²) in [6, 6.07) is 9.20. The number of benzene rings is 1. The Balaban J connectivity index is 1.14. The molecule has 1 heterocycles. The molecule has 5 aliphatic rings. The number of ether oxygens (including phenoxy) is 4. The molecule has 0 unspecified atom stereocenters. The molecule has 4 aliphatic carbocycles. The highest BCUT2D eigenvalue weighted by Gasteiger charge is 2.71. The van der Waals surface area contributed by atoms with E-state index in [0.717, 1.165) is 43.2 Å². The van der Waals surface area contributed by atoms with Crippen LogP contribution in [0.25, 0.3) is 0 Å². The first-order chi connectivity index (χ1) is 20.4. The van der Waals surface area contributed by atoms with Gasteiger partial charge in [0.15, 0.2) is 0 Å². The lowest BCUT2D eigenvalue weighted by Crippen LogP contribution is -2.62. The predicted molar refractivity (Wildman–Crippen MR) is 153 cm³/mol. The normalized spacial score (nSPS) is 39.8. The van der Waals surface area contributed by atoms with Crippen molar-refractivity contribution in [3.8, 4) is 0 Å². The van der Waals surface area contributed by atoms with Gasteiger partial charge in [-0.3, -0.25) is 4.79 Å². The van der Waals surface area contributed by atoms with Gasteiger partial charge in [-0.2, -0.15) is 0 Å². The molecule has 0 saturated heterocycles. The summed E-state index contributed by atoms with van der Waals surface area (Å²) in [4.78, 5) is 49.0. The van der Waals surface area contributed by atoms with Crippen LogP contribution >= 0.6 is 0 Å². The lowest BCUT2D eigenvalue weighted by Gasteiger charge is -2.63. The van der Waals surface area contributed by atoms with E-state index in [0.29, 0.717) is 25.2 Å². The Kier molecular flexibility index (Phi) is 7.68. The molecule has 9 atom stereocenters. The van der Waals surface area contributed by atoms with Gasteiger partial charge >= 0.3 is 23.9 Å². The zero-order chi connectivity index (χ0) is 30.6. The Bertz CT molecular complexity index is 1320. The Morgan fingerprint density at radius 2 is 1.74 bits per heavy atom. The maximum Gasteiger partial charge on any atom is 0.417 e. The molecule has 0 aromatic heterocycles. The summed E-state index contributed by atoms with van der Waals surface area (Å²) in [5, 5.41) is 12.7. The maximum absolute atomic E-state index is 12.7. The Morgan fingerprint density at radius 1 is 0.977 bits per heavy atom. The van der Waals surface area contributed by atoms with Gasteiger partial charge in [0.05, 0.1) is 5.60 Å². The number of carbonyl (C=O) groups is 4. The average Bonchev–Trinajstić information content (AvgIpc) is 3.48. The molecule has 0 amide bonds. The standard InChI is InChI=1S/C34H42O9/c1-20(35)42-27-17-34(39)26-10-9-23-16-24(43-31(38)30(37)41-18-21-7-5-4-6-8-21)11-13-32(23,2)25(26)12-14-33(34,3)29(27)22-15-28(36)40-19-22/h4-8,15,23-27,29,39H,9-14,16-19H2,1-3H3/t23-,24+,25+,26-,27+,29+,32+,33-,34+/m1/s1. The Morgan fingerprint density at radius 3 is 2.44 bits per heavy atom. The summed E-state index contributed by atoms with van der Waals surface area (Å²) in [5.74, 6) is -2.43. The predicted octanol–water partition coefficient (Wildman–Crippen LogP) is 4.44. The summed E-state index contributed by atoms with van der Waals surface area (Å²) in [6.07, 6.45) is 6.48. The van der Waals surface area contributed by atoms with Crippen LogP contribution in [0, 0.1) is 34.5 Å². The lowest BCUT2D eigenvalue weighted by molar-refractivity contribution is -0.210. The van der Waals surface area contributed by atoms with E-state index >= 15 is 0 Å². The highest BCUT2D eigenvalue weighted by molar-refractivity contribution is 6.29. The van der Waals surface area contributed by atoms with Gasteiger partial charge in [0, 0.05) is 30.8 Å². The summed E-state index contributed by atoms with van der Waals surface area (Å²) >= 11 is 0. The van der Waals surface area contributed by atoms with E-state index in [4.69, 9.17) is 18.9 Å². The van der Waals surface area contributed by atoms with E-state index in [1.54, 1.807) is 0 Å². The number of fused-ring (bicyclic) bond motifs is 5. The first-order valence-electron chi connectivity index (χ1n) is 15.6. The van der Waals surface area contributed by atoms with Crippen LogP contribution in [0.4, 0.5) is 0 Å². The largest absolute Gasteiger partial charge is 0.462 e. The van der Waals surface area contributed by atoms with Crippen molar-refractivity contribution >= 4 is 23.9 Å². The molecule has 43 heavy (non-hydrogen) atoms. The van der Waals surface area contributed by atoms with Gasteiger partial charge in [-0.05, 0) is 79.3 Å². The number of rotatable bonds is 5. The van der Waals surface area contributed by atoms with Crippen molar-refractivity contribution in [3.05, 3.63) is 47.5 Å². The topological polar surface area (TPSA) is 125 Å². The third-order valence-corrected chi connectivity index (χ3v) is 11.8. The summed E-state index contributed by atoms with van der Waals surface area (Å²) in [6.45, 7) is 5.99.